The van der Waals surface area contributed by atoms with Gasteiger partial charge in [-0.3, -0.25) is 0 Å². The van der Waals surface area contributed by atoms with Crippen molar-refractivity contribution < 1.29 is 39.1 Å². The van der Waals surface area contributed by atoms with E-state index in [1.165, 1.54) is 6.08 Å². The van der Waals surface area contributed by atoms with Crippen LogP contribution in [0, 0.1) is 0 Å². The molecule has 0 saturated carbocycles. The molecular weight excluding hydrogens is 400 g/mol. The van der Waals surface area contributed by atoms with Crippen LogP contribution >= 0.6 is 0 Å². The number of amides is 1. The summed E-state index contributed by atoms with van der Waals surface area (Å²) in [5.74, 6) is -0.820. The highest BCUT2D eigenvalue weighted by atomic mass is 16.6. The van der Waals surface area contributed by atoms with Crippen molar-refractivity contribution in [1.82, 2.24) is 5.32 Å². The van der Waals surface area contributed by atoms with Crippen LogP contribution in [0.3, 0.4) is 0 Å². The molecule has 1 fully saturated rings. The Kier molecular flexibility index (Phi) is 9.07. The molecule has 170 valence electrons. The predicted molar refractivity (Wildman–Crippen MR) is 104 cm³/mol. The van der Waals surface area contributed by atoms with Gasteiger partial charge in [0, 0.05) is 17.8 Å². The number of alkyl carbamates (subject to hydrolysis) is 1. The minimum Gasteiger partial charge on any atom is -0.467 e. The van der Waals surface area contributed by atoms with E-state index in [2.05, 4.69) is 21.9 Å². The quantitative estimate of drug-likeness (QED) is 0.141. The molecule has 0 aromatic carbocycles. The van der Waals surface area contributed by atoms with Crippen molar-refractivity contribution in [3.8, 4) is 0 Å². The van der Waals surface area contributed by atoms with Crippen molar-refractivity contribution in [3.05, 3.63) is 23.1 Å². The second-order valence-electron chi connectivity index (χ2n) is 7.98. The second-order valence-corrected chi connectivity index (χ2v) is 7.98. The van der Waals surface area contributed by atoms with Crippen LogP contribution < -0.4 is 5.32 Å². The lowest BCUT2D eigenvalue weighted by atomic mass is 9.82. The van der Waals surface area contributed by atoms with E-state index in [1.54, 1.807) is 20.8 Å². The van der Waals surface area contributed by atoms with Crippen molar-refractivity contribution in [3.63, 3.8) is 0 Å². The number of esters is 1. The molecule has 12 heteroatoms. The monoisotopic (exact) mass is 430 g/mol. The van der Waals surface area contributed by atoms with Crippen LogP contribution in [0.15, 0.2) is 17.8 Å². The number of rotatable bonds is 8. The summed E-state index contributed by atoms with van der Waals surface area (Å²) in [5, 5.41) is 37.1. The van der Waals surface area contributed by atoms with Gasteiger partial charge >= 0.3 is 12.1 Å². The van der Waals surface area contributed by atoms with Gasteiger partial charge in [0.25, 0.3) is 0 Å². The summed E-state index contributed by atoms with van der Waals surface area (Å²) in [6.07, 6.45) is -6.04. The number of hydrogen-bond donors (Lipinski definition) is 4. The second kappa shape index (κ2) is 10.6. The van der Waals surface area contributed by atoms with Crippen molar-refractivity contribution in [2.45, 2.75) is 75.3 Å². The van der Waals surface area contributed by atoms with Crippen LogP contribution in [-0.2, 0) is 19.0 Å². The van der Waals surface area contributed by atoms with E-state index in [4.69, 9.17) is 19.7 Å². The predicted octanol–water partition coefficient (Wildman–Crippen LogP) is 0.550. The number of aliphatic hydroxyl groups excluding tert-OH is 3. The van der Waals surface area contributed by atoms with E-state index in [0.717, 1.165) is 7.11 Å². The molecule has 1 saturated heterocycles. The Morgan fingerprint density at radius 3 is 2.60 bits per heavy atom. The van der Waals surface area contributed by atoms with Crippen molar-refractivity contribution in [2.75, 3.05) is 13.7 Å². The molecule has 0 bridgehead atoms. The fourth-order valence-electron chi connectivity index (χ4n) is 3.18. The number of carbonyl (C=O) groups excluding carboxylic acids is 2. The lowest BCUT2D eigenvalue weighted by molar-refractivity contribution is -0.227. The van der Waals surface area contributed by atoms with E-state index in [1.807, 2.05) is 0 Å². The van der Waals surface area contributed by atoms with Crippen LogP contribution in [0.25, 0.3) is 10.4 Å². The third-order valence-corrected chi connectivity index (χ3v) is 4.45. The summed E-state index contributed by atoms with van der Waals surface area (Å²) >= 11 is 0. The number of methoxy groups -OCH3 is 1. The molecule has 12 nitrogen and oxygen atoms in total. The standard InChI is InChI=1S/C18H30N4O8/c1-6-7-18(15(26)28-5)8-10(23)12(21-16(27)30-17(2,3)4)14(29-18)13(25)11(24)9-20-22-19/h6,10-14,23-25H,1,7-9H2,2-5H3,(H,21,27)/t10-,11?,12?,13+,14+,18+/m0/s1. The lowest BCUT2D eigenvalue weighted by Gasteiger charge is -2.47. The zero-order chi connectivity index (χ0) is 23.1. The van der Waals surface area contributed by atoms with Gasteiger partial charge in [-0.2, -0.15) is 0 Å². The van der Waals surface area contributed by atoms with Crippen molar-refractivity contribution in [1.29, 1.82) is 0 Å². The highest BCUT2D eigenvalue weighted by Crippen LogP contribution is 2.36. The van der Waals surface area contributed by atoms with E-state index >= 15 is 0 Å². The number of hydrogen-bond acceptors (Lipinski definition) is 9. The van der Waals surface area contributed by atoms with E-state index in [-0.39, 0.29) is 12.8 Å². The van der Waals surface area contributed by atoms with E-state index in [9.17, 15) is 24.9 Å². The molecule has 1 rings (SSSR count). The largest absolute Gasteiger partial charge is 0.467 e. The molecule has 0 aromatic rings. The summed E-state index contributed by atoms with van der Waals surface area (Å²) in [7, 11) is 1.13. The average molecular weight is 430 g/mol. The number of aliphatic hydroxyl groups is 3. The molecule has 1 aliphatic heterocycles. The number of nitrogens with zero attached hydrogens (tertiary/aromatic N) is 3. The normalized spacial score (nSPS) is 28.4. The maximum absolute atomic E-state index is 12.4. The third kappa shape index (κ3) is 6.57. The van der Waals surface area contributed by atoms with Gasteiger partial charge in [0.15, 0.2) is 5.60 Å². The topological polar surface area (TPSA) is 183 Å². The molecule has 0 aromatic heterocycles. The van der Waals surface area contributed by atoms with Crippen LogP contribution in [0.5, 0.6) is 0 Å². The molecule has 1 amide bonds. The Hall–Kier alpha value is -2.37. The van der Waals surface area contributed by atoms with Gasteiger partial charge < -0.3 is 34.8 Å². The van der Waals surface area contributed by atoms with Gasteiger partial charge in [-0.05, 0) is 26.3 Å². The molecule has 2 unspecified atom stereocenters. The highest BCUT2D eigenvalue weighted by Gasteiger charge is 2.54. The van der Waals surface area contributed by atoms with Gasteiger partial charge in [-0.25, -0.2) is 9.59 Å². The van der Waals surface area contributed by atoms with Crippen LogP contribution in [0.1, 0.15) is 33.6 Å². The van der Waals surface area contributed by atoms with E-state index < -0.39 is 60.3 Å². The first-order valence-electron chi connectivity index (χ1n) is 9.32. The zero-order valence-corrected chi connectivity index (χ0v) is 17.5. The van der Waals surface area contributed by atoms with Gasteiger partial charge in [-0.15, -0.1) is 6.58 Å². The van der Waals surface area contributed by atoms with Crippen molar-refractivity contribution >= 4 is 12.1 Å². The smallest absolute Gasteiger partial charge is 0.408 e. The summed E-state index contributed by atoms with van der Waals surface area (Å²) in [6.45, 7) is 7.99. The van der Waals surface area contributed by atoms with Gasteiger partial charge in [0.2, 0.25) is 0 Å². The fourth-order valence-corrected chi connectivity index (χ4v) is 3.18. The molecule has 1 aliphatic rings. The average Bonchev–Trinajstić information content (AvgIpc) is 2.65. The first kappa shape index (κ1) is 25.7. The number of nitrogens with one attached hydrogen (secondary N) is 1. The summed E-state index contributed by atoms with van der Waals surface area (Å²) in [5.41, 5.74) is 5.90. The van der Waals surface area contributed by atoms with Crippen LogP contribution in [-0.4, -0.2) is 82.7 Å². The molecule has 4 N–H and O–H groups in total. The fraction of sp³-hybridized carbons (Fsp3) is 0.778. The lowest BCUT2D eigenvalue weighted by Crippen LogP contribution is -2.67. The molecule has 0 radical (unpaired) electrons. The molecule has 1 heterocycles. The third-order valence-electron chi connectivity index (χ3n) is 4.45. The number of ether oxygens (including phenoxy) is 3. The maximum atomic E-state index is 12.4. The summed E-state index contributed by atoms with van der Waals surface area (Å²) in [6, 6.07) is -1.25. The molecule has 6 atom stereocenters. The number of azide groups is 1. The summed E-state index contributed by atoms with van der Waals surface area (Å²) < 4.78 is 15.8. The minimum absolute atomic E-state index is 0.0639. The Labute approximate surface area is 174 Å². The summed E-state index contributed by atoms with van der Waals surface area (Å²) in [4.78, 5) is 27.2. The van der Waals surface area contributed by atoms with Gasteiger partial charge in [0.05, 0.1) is 31.9 Å². The molecule has 0 spiro atoms. The maximum Gasteiger partial charge on any atom is 0.408 e. The molecular formula is C18H30N4O8. The Morgan fingerprint density at radius 1 is 1.47 bits per heavy atom. The highest BCUT2D eigenvalue weighted by molar-refractivity contribution is 5.80. The van der Waals surface area contributed by atoms with Crippen LogP contribution in [0.4, 0.5) is 4.79 Å². The Morgan fingerprint density at radius 2 is 2.10 bits per heavy atom. The zero-order valence-electron chi connectivity index (χ0n) is 17.5. The number of carbonyl (C=O) groups is 2. The minimum atomic E-state index is -1.74. The van der Waals surface area contributed by atoms with E-state index in [0.29, 0.717) is 0 Å². The molecule has 0 aliphatic carbocycles. The Bertz CT molecular complexity index is 676. The first-order chi connectivity index (χ1) is 13.9. The Balaban J connectivity index is 3.27. The van der Waals surface area contributed by atoms with Crippen molar-refractivity contribution in [2.24, 2.45) is 5.11 Å². The molecule has 30 heavy (non-hydrogen) atoms. The SMILES string of the molecule is C=CC[C@]1(C(=O)OC)C[C@H](O)C(NC(=O)OC(C)(C)C)[C@H]([C@H](O)C(O)CN=[N+]=[N-])O1. The van der Waals surface area contributed by atoms with Gasteiger partial charge in [-0.1, -0.05) is 11.2 Å². The van der Waals surface area contributed by atoms with Gasteiger partial charge in [0.1, 0.15) is 17.8 Å². The van der Waals surface area contributed by atoms with Crippen LogP contribution in [0.2, 0.25) is 0 Å². The first-order valence-corrected chi connectivity index (χ1v) is 9.32.